The molecule has 1 saturated heterocycles. The molecule has 1 fully saturated rings. The van der Waals surface area contributed by atoms with Crippen molar-refractivity contribution in [1.82, 2.24) is 14.8 Å². The number of rotatable bonds is 4. The normalized spacial score (nSPS) is 14.2. The molecule has 0 spiro atoms. The minimum Gasteiger partial charge on any atom is -0.545 e. The maximum atomic E-state index is 12.5. The minimum atomic E-state index is -1.31. The fraction of sp³-hybridized carbons (Fsp3) is 0.227. The van der Waals surface area contributed by atoms with Crippen molar-refractivity contribution in [1.29, 1.82) is 0 Å². The van der Waals surface area contributed by atoms with Crippen LogP contribution in [0, 0.1) is 0 Å². The van der Waals surface area contributed by atoms with Crippen molar-refractivity contribution in [3.8, 4) is 0 Å². The molecule has 30 heavy (non-hydrogen) atoms. The third kappa shape index (κ3) is 5.45. The van der Waals surface area contributed by atoms with Crippen LogP contribution >= 0.6 is 0 Å². The second-order valence-corrected chi connectivity index (χ2v) is 7.06. The number of urea groups is 1. The van der Waals surface area contributed by atoms with E-state index >= 15 is 0 Å². The Morgan fingerprint density at radius 1 is 1.00 bits per heavy atom. The molecule has 0 bridgehead atoms. The van der Waals surface area contributed by atoms with E-state index in [0.29, 0.717) is 13.1 Å². The number of fused-ring (bicyclic) bond motifs is 1. The summed E-state index contributed by atoms with van der Waals surface area (Å²) >= 11 is 0. The van der Waals surface area contributed by atoms with Crippen molar-refractivity contribution in [3.63, 3.8) is 0 Å². The van der Waals surface area contributed by atoms with Gasteiger partial charge in [0.15, 0.2) is 0 Å². The second kappa shape index (κ2) is 10.5. The van der Waals surface area contributed by atoms with Crippen molar-refractivity contribution >= 4 is 28.6 Å². The first-order chi connectivity index (χ1) is 14.1. The first-order valence-corrected chi connectivity index (χ1v) is 9.52. The molecule has 2 amide bonds. The standard InChI is InChI=1S/C22H22N4O3.K/c27-21(28)18-6-2-4-8-20(18)24-22(29)26-11-9-25(10-12-26)15-16-13-17-5-1-3-7-19(17)23-14-16;/h1-8,13-14H,9-12,15H2,(H,24,29)(H,27,28);/q;+1/p-1. The van der Waals surface area contributed by atoms with Crippen molar-refractivity contribution in [2.24, 2.45) is 0 Å². The summed E-state index contributed by atoms with van der Waals surface area (Å²) in [5.41, 5.74) is 2.35. The van der Waals surface area contributed by atoms with Gasteiger partial charge in [-0.2, -0.15) is 0 Å². The molecule has 0 aliphatic carbocycles. The first-order valence-electron chi connectivity index (χ1n) is 9.52. The molecule has 0 unspecified atom stereocenters. The minimum absolute atomic E-state index is 0. The van der Waals surface area contributed by atoms with Gasteiger partial charge in [-0.25, -0.2) is 4.79 Å². The zero-order valence-corrected chi connectivity index (χ0v) is 20.0. The summed E-state index contributed by atoms with van der Waals surface area (Å²) in [5.74, 6) is -1.31. The quantitative estimate of drug-likeness (QED) is 0.536. The summed E-state index contributed by atoms with van der Waals surface area (Å²) in [6.07, 6.45) is 1.90. The van der Waals surface area contributed by atoms with E-state index in [2.05, 4.69) is 27.3 Å². The number of para-hydroxylation sites is 2. The molecule has 0 saturated carbocycles. The second-order valence-electron chi connectivity index (χ2n) is 7.06. The van der Waals surface area contributed by atoms with E-state index in [-0.39, 0.29) is 68.7 Å². The Hall–Kier alpha value is -1.81. The van der Waals surface area contributed by atoms with Gasteiger partial charge in [-0.15, -0.1) is 0 Å². The Labute approximate surface area is 217 Å². The number of carboxylic acids is 1. The summed E-state index contributed by atoms with van der Waals surface area (Å²) in [4.78, 5) is 32.2. The van der Waals surface area contributed by atoms with Crippen LogP contribution in [0.25, 0.3) is 10.9 Å². The van der Waals surface area contributed by atoms with Crippen LogP contribution in [-0.4, -0.2) is 53.0 Å². The monoisotopic (exact) mass is 428 g/mol. The number of aromatic nitrogens is 1. The number of carbonyl (C=O) groups excluding carboxylic acids is 2. The molecule has 1 aromatic heterocycles. The fourth-order valence-electron chi connectivity index (χ4n) is 3.53. The average Bonchev–Trinajstić information content (AvgIpc) is 2.74. The molecule has 2 aromatic carbocycles. The van der Waals surface area contributed by atoms with E-state index in [1.54, 1.807) is 23.1 Å². The predicted molar refractivity (Wildman–Crippen MR) is 108 cm³/mol. The smallest absolute Gasteiger partial charge is 0.545 e. The largest absolute Gasteiger partial charge is 1.00 e. The zero-order chi connectivity index (χ0) is 20.2. The first kappa shape index (κ1) is 22.9. The number of anilines is 1. The van der Waals surface area contributed by atoms with E-state index < -0.39 is 5.97 Å². The van der Waals surface area contributed by atoms with Gasteiger partial charge in [0.2, 0.25) is 0 Å². The summed E-state index contributed by atoms with van der Waals surface area (Å²) in [6, 6.07) is 16.1. The van der Waals surface area contributed by atoms with E-state index in [1.165, 1.54) is 6.07 Å². The van der Waals surface area contributed by atoms with E-state index in [0.717, 1.165) is 36.1 Å². The Kier molecular flexibility index (Phi) is 7.98. The average molecular weight is 429 g/mol. The molecule has 1 aliphatic rings. The van der Waals surface area contributed by atoms with Gasteiger partial charge in [-0.3, -0.25) is 9.88 Å². The van der Waals surface area contributed by atoms with Gasteiger partial charge in [-0.1, -0.05) is 36.4 Å². The Bertz CT molecular complexity index is 1050. The summed E-state index contributed by atoms with van der Waals surface area (Å²) in [7, 11) is 0. The molecule has 148 valence electrons. The topological polar surface area (TPSA) is 88.6 Å². The molecule has 7 nitrogen and oxygen atoms in total. The van der Waals surface area contributed by atoms with E-state index in [1.807, 2.05) is 24.4 Å². The molecular formula is C22H21KN4O3. The molecule has 3 aromatic rings. The number of amides is 2. The summed E-state index contributed by atoms with van der Waals surface area (Å²) < 4.78 is 0. The van der Waals surface area contributed by atoms with Crippen LogP contribution in [0.4, 0.5) is 10.5 Å². The SMILES string of the molecule is O=C([O-])c1ccccc1NC(=O)N1CCN(Cc2cnc3ccccc3c2)CC1.[K+]. The summed E-state index contributed by atoms with van der Waals surface area (Å²) in [6.45, 7) is 3.40. The number of carboxylic acid groups (broad SMARTS) is 1. The van der Waals surface area contributed by atoms with Crippen LogP contribution in [0.3, 0.4) is 0 Å². The molecule has 1 aliphatic heterocycles. The molecular weight excluding hydrogens is 407 g/mol. The van der Waals surface area contributed by atoms with Crippen molar-refractivity contribution < 1.29 is 66.1 Å². The molecule has 1 N–H and O–H groups in total. The Morgan fingerprint density at radius 2 is 1.70 bits per heavy atom. The maximum Gasteiger partial charge on any atom is 1.00 e. The molecule has 0 radical (unpaired) electrons. The number of nitrogens with one attached hydrogen (secondary N) is 1. The van der Waals surface area contributed by atoms with Crippen LogP contribution in [0.15, 0.2) is 60.8 Å². The number of pyridine rings is 1. The number of hydrogen-bond acceptors (Lipinski definition) is 5. The number of piperazine rings is 1. The van der Waals surface area contributed by atoms with Gasteiger partial charge >= 0.3 is 57.4 Å². The summed E-state index contributed by atoms with van der Waals surface area (Å²) in [5, 5.41) is 15.0. The van der Waals surface area contributed by atoms with Crippen molar-refractivity contribution in [2.45, 2.75) is 6.54 Å². The van der Waals surface area contributed by atoms with Gasteiger partial charge in [0.1, 0.15) is 0 Å². The van der Waals surface area contributed by atoms with Crippen molar-refractivity contribution in [2.75, 3.05) is 31.5 Å². The number of nitrogens with zero attached hydrogens (tertiary/aromatic N) is 3. The number of aromatic carboxylic acids is 1. The molecule has 2 heterocycles. The molecule has 8 heteroatoms. The van der Waals surface area contributed by atoms with E-state index in [4.69, 9.17) is 0 Å². The third-order valence-corrected chi connectivity index (χ3v) is 5.10. The maximum absolute atomic E-state index is 12.5. The van der Waals surface area contributed by atoms with Crippen LogP contribution in [-0.2, 0) is 6.54 Å². The zero-order valence-electron chi connectivity index (χ0n) is 16.9. The van der Waals surface area contributed by atoms with Crippen LogP contribution in [0.2, 0.25) is 0 Å². The van der Waals surface area contributed by atoms with Gasteiger partial charge in [0.05, 0.1) is 17.2 Å². The van der Waals surface area contributed by atoms with Gasteiger partial charge in [0, 0.05) is 49.9 Å². The van der Waals surface area contributed by atoms with Crippen LogP contribution in [0.5, 0.6) is 0 Å². The molecule has 4 rings (SSSR count). The van der Waals surface area contributed by atoms with E-state index in [9.17, 15) is 14.7 Å². The van der Waals surface area contributed by atoms with Gasteiger partial charge in [-0.05, 0) is 23.8 Å². The number of hydrogen-bond donors (Lipinski definition) is 1. The fourth-order valence-corrected chi connectivity index (χ4v) is 3.53. The number of carbonyl (C=O) groups is 2. The van der Waals surface area contributed by atoms with Crippen LogP contribution < -0.4 is 61.8 Å². The number of benzene rings is 2. The predicted octanol–water partition coefficient (Wildman–Crippen LogP) is -1.05. The van der Waals surface area contributed by atoms with Crippen LogP contribution in [0.1, 0.15) is 15.9 Å². The van der Waals surface area contributed by atoms with Gasteiger partial charge < -0.3 is 20.1 Å². The molecule has 0 atom stereocenters. The third-order valence-electron chi connectivity index (χ3n) is 5.10. The van der Waals surface area contributed by atoms with Crippen molar-refractivity contribution in [3.05, 3.63) is 71.9 Å². The Morgan fingerprint density at radius 3 is 2.47 bits per heavy atom. The Balaban J connectivity index is 0.00000256. The van der Waals surface area contributed by atoms with Gasteiger partial charge in [0.25, 0.3) is 0 Å².